The van der Waals surface area contributed by atoms with E-state index in [0.717, 1.165) is 12.1 Å². The Hall–Kier alpha value is -1.21. The van der Waals surface area contributed by atoms with Crippen LogP contribution in [-0.2, 0) is 11.0 Å². The van der Waals surface area contributed by atoms with Crippen LogP contribution in [0.4, 0.5) is 13.2 Å². The van der Waals surface area contributed by atoms with Gasteiger partial charge in [0.15, 0.2) is 0 Å². The summed E-state index contributed by atoms with van der Waals surface area (Å²) in [5, 5.41) is 8.68. The van der Waals surface area contributed by atoms with Crippen molar-refractivity contribution < 1.29 is 23.1 Å². The summed E-state index contributed by atoms with van der Waals surface area (Å²) in [5.74, 6) is -0.362. The van der Waals surface area contributed by atoms with Gasteiger partial charge in [0.25, 0.3) is 0 Å². The zero-order chi connectivity index (χ0) is 15.2. The molecule has 0 aliphatic carbocycles. The van der Waals surface area contributed by atoms with E-state index in [-0.39, 0.29) is 6.54 Å². The molecule has 20 heavy (non-hydrogen) atoms. The molecule has 1 aromatic carbocycles. The quantitative estimate of drug-likeness (QED) is 0.785. The number of thioether (sulfide) groups is 1. The van der Waals surface area contributed by atoms with Crippen molar-refractivity contribution in [2.24, 2.45) is 0 Å². The van der Waals surface area contributed by atoms with Crippen molar-refractivity contribution in [3.8, 4) is 0 Å². The van der Waals surface area contributed by atoms with E-state index in [9.17, 15) is 18.0 Å². The minimum absolute atomic E-state index is 0.0559. The summed E-state index contributed by atoms with van der Waals surface area (Å²) in [7, 11) is 0. The minimum atomic E-state index is -4.34. The number of aliphatic carboxylic acids is 1. The number of benzene rings is 1. The first-order chi connectivity index (χ1) is 9.32. The average molecular weight is 307 g/mol. The molecule has 0 aliphatic heterocycles. The van der Waals surface area contributed by atoms with Crippen LogP contribution < -0.4 is 0 Å². The predicted molar refractivity (Wildman–Crippen MR) is 71.9 cm³/mol. The van der Waals surface area contributed by atoms with E-state index < -0.39 is 17.7 Å². The lowest BCUT2D eigenvalue weighted by Gasteiger charge is -2.17. The molecule has 112 valence electrons. The first-order valence-electron chi connectivity index (χ1n) is 6.07. The Bertz CT molecular complexity index is 451. The zero-order valence-electron chi connectivity index (χ0n) is 11.0. The summed E-state index contributed by atoms with van der Waals surface area (Å²) in [6.45, 7) is 2.90. The monoisotopic (exact) mass is 307 g/mol. The van der Waals surface area contributed by atoms with Gasteiger partial charge >= 0.3 is 12.1 Å². The van der Waals surface area contributed by atoms with Crippen molar-refractivity contribution in [1.82, 2.24) is 4.90 Å². The molecule has 0 bridgehead atoms. The van der Waals surface area contributed by atoms with Gasteiger partial charge < -0.3 is 5.11 Å². The minimum Gasteiger partial charge on any atom is -0.480 e. The number of rotatable bonds is 7. The number of carbonyl (C=O) groups is 1. The third kappa shape index (κ3) is 5.83. The molecule has 0 amide bonds. The Kier molecular flexibility index (Phi) is 6.35. The molecule has 0 heterocycles. The van der Waals surface area contributed by atoms with Crippen LogP contribution in [-0.4, -0.2) is 41.4 Å². The van der Waals surface area contributed by atoms with Crippen molar-refractivity contribution >= 4 is 17.7 Å². The third-order valence-corrected chi connectivity index (χ3v) is 3.62. The summed E-state index contributed by atoms with van der Waals surface area (Å²) in [6, 6.07) is 5.14. The van der Waals surface area contributed by atoms with E-state index >= 15 is 0 Å². The average Bonchev–Trinajstić information content (AvgIpc) is 2.36. The van der Waals surface area contributed by atoms with E-state index in [2.05, 4.69) is 0 Å². The van der Waals surface area contributed by atoms with Gasteiger partial charge in [0.2, 0.25) is 0 Å². The first-order valence-corrected chi connectivity index (χ1v) is 7.05. The summed E-state index contributed by atoms with van der Waals surface area (Å²) in [5.41, 5.74) is -0.666. The fourth-order valence-corrected chi connectivity index (χ4v) is 2.57. The molecule has 0 atom stereocenters. The Balaban J connectivity index is 2.51. The highest BCUT2D eigenvalue weighted by Crippen LogP contribution is 2.31. The van der Waals surface area contributed by atoms with Crippen LogP contribution in [0.25, 0.3) is 0 Å². The lowest BCUT2D eigenvalue weighted by Crippen LogP contribution is -2.31. The molecule has 1 N–H and O–H groups in total. The second-order valence-corrected chi connectivity index (χ2v) is 5.30. The van der Waals surface area contributed by atoms with Crippen LogP contribution >= 0.6 is 11.8 Å². The third-order valence-electron chi connectivity index (χ3n) is 2.64. The highest BCUT2D eigenvalue weighted by molar-refractivity contribution is 7.99. The SMILES string of the molecule is CCN(CCSc1cccc(C(F)(F)F)c1)CC(=O)O. The van der Waals surface area contributed by atoms with E-state index in [1.54, 1.807) is 11.0 Å². The second kappa shape index (κ2) is 7.54. The molecular formula is C13H16F3NO2S. The normalized spacial score (nSPS) is 11.8. The first kappa shape index (κ1) is 16.8. The highest BCUT2D eigenvalue weighted by atomic mass is 32.2. The molecule has 3 nitrogen and oxygen atoms in total. The number of hydrogen-bond acceptors (Lipinski definition) is 3. The summed E-state index contributed by atoms with van der Waals surface area (Å²) in [6.07, 6.45) is -4.34. The Labute approximate surface area is 119 Å². The molecular weight excluding hydrogens is 291 g/mol. The molecule has 0 fully saturated rings. The maximum absolute atomic E-state index is 12.5. The number of likely N-dealkylation sites (N-methyl/N-ethyl adjacent to an activating group) is 1. The molecule has 1 rings (SSSR count). The molecule has 0 saturated carbocycles. The molecule has 0 aromatic heterocycles. The van der Waals surface area contributed by atoms with Crippen LogP contribution in [0, 0.1) is 0 Å². The lowest BCUT2D eigenvalue weighted by atomic mass is 10.2. The summed E-state index contributed by atoms with van der Waals surface area (Å²) >= 11 is 1.29. The van der Waals surface area contributed by atoms with Crippen molar-refractivity contribution in [3.63, 3.8) is 0 Å². The lowest BCUT2D eigenvalue weighted by molar-refractivity contribution is -0.138. The maximum atomic E-state index is 12.5. The molecule has 0 spiro atoms. The Morgan fingerprint density at radius 1 is 1.40 bits per heavy atom. The van der Waals surface area contributed by atoms with Crippen molar-refractivity contribution in [3.05, 3.63) is 29.8 Å². The van der Waals surface area contributed by atoms with E-state index in [4.69, 9.17) is 5.11 Å². The summed E-state index contributed by atoms with van der Waals surface area (Å²) in [4.78, 5) is 12.8. The number of carboxylic acid groups (broad SMARTS) is 1. The number of hydrogen-bond donors (Lipinski definition) is 1. The van der Waals surface area contributed by atoms with Gasteiger partial charge in [-0.15, -0.1) is 11.8 Å². The summed E-state index contributed by atoms with van der Waals surface area (Å²) < 4.78 is 37.6. The zero-order valence-corrected chi connectivity index (χ0v) is 11.8. The van der Waals surface area contributed by atoms with Gasteiger partial charge in [-0.2, -0.15) is 13.2 Å². The van der Waals surface area contributed by atoms with Gasteiger partial charge in [-0.05, 0) is 24.7 Å². The van der Waals surface area contributed by atoms with Crippen molar-refractivity contribution in [2.45, 2.75) is 18.0 Å². The maximum Gasteiger partial charge on any atom is 0.416 e. The standard InChI is InChI=1S/C13H16F3NO2S/c1-2-17(9-12(18)19)6-7-20-11-5-3-4-10(8-11)13(14,15)16/h3-5,8H,2,6-7,9H2,1H3,(H,18,19). The molecule has 0 saturated heterocycles. The Morgan fingerprint density at radius 3 is 2.65 bits per heavy atom. The van der Waals surface area contributed by atoms with Gasteiger partial charge in [0.05, 0.1) is 12.1 Å². The smallest absolute Gasteiger partial charge is 0.416 e. The van der Waals surface area contributed by atoms with E-state index in [1.165, 1.54) is 17.8 Å². The Morgan fingerprint density at radius 2 is 2.10 bits per heavy atom. The number of alkyl halides is 3. The molecule has 0 radical (unpaired) electrons. The van der Waals surface area contributed by atoms with E-state index in [1.807, 2.05) is 6.92 Å². The highest BCUT2D eigenvalue weighted by Gasteiger charge is 2.30. The molecule has 0 unspecified atom stereocenters. The topological polar surface area (TPSA) is 40.5 Å². The van der Waals surface area contributed by atoms with Crippen LogP contribution in [0.2, 0.25) is 0 Å². The van der Waals surface area contributed by atoms with E-state index in [0.29, 0.717) is 23.7 Å². The van der Waals surface area contributed by atoms with Gasteiger partial charge in [-0.1, -0.05) is 13.0 Å². The largest absolute Gasteiger partial charge is 0.480 e. The van der Waals surface area contributed by atoms with Crippen LogP contribution in [0.3, 0.4) is 0 Å². The van der Waals surface area contributed by atoms with Crippen molar-refractivity contribution in [1.29, 1.82) is 0 Å². The van der Waals surface area contributed by atoms with Gasteiger partial charge in [-0.3, -0.25) is 9.69 Å². The van der Waals surface area contributed by atoms with Crippen LogP contribution in [0.1, 0.15) is 12.5 Å². The molecule has 1 aromatic rings. The van der Waals surface area contributed by atoms with Crippen LogP contribution in [0.5, 0.6) is 0 Å². The molecule has 7 heteroatoms. The number of halogens is 3. The van der Waals surface area contributed by atoms with Gasteiger partial charge in [-0.25, -0.2) is 0 Å². The fourth-order valence-electron chi connectivity index (χ4n) is 1.60. The second-order valence-electron chi connectivity index (χ2n) is 4.14. The van der Waals surface area contributed by atoms with Gasteiger partial charge in [0.1, 0.15) is 0 Å². The van der Waals surface area contributed by atoms with Crippen LogP contribution in [0.15, 0.2) is 29.2 Å². The molecule has 0 aliphatic rings. The van der Waals surface area contributed by atoms with Crippen molar-refractivity contribution in [2.75, 3.05) is 25.4 Å². The number of nitrogens with zero attached hydrogens (tertiary/aromatic N) is 1. The number of carboxylic acids is 1. The fraction of sp³-hybridized carbons (Fsp3) is 0.462. The van der Waals surface area contributed by atoms with Gasteiger partial charge in [0, 0.05) is 17.2 Å². The predicted octanol–water partition coefficient (Wildman–Crippen LogP) is 3.20.